The highest BCUT2D eigenvalue weighted by Gasteiger charge is 2.23. The number of aromatic nitrogens is 2. The molecule has 2 aliphatic rings. The van der Waals surface area contributed by atoms with Crippen LogP contribution in [0.4, 0.5) is 10.8 Å². The number of nitrogens with one attached hydrogen (secondary N) is 2. The number of thiazole rings is 1. The Hall–Kier alpha value is -2.48. The molecule has 118 valence electrons. The highest BCUT2D eigenvalue weighted by atomic mass is 32.1. The molecule has 2 aromatic rings. The van der Waals surface area contributed by atoms with Crippen molar-refractivity contribution in [2.75, 3.05) is 17.2 Å². The van der Waals surface area contributed by atoms with Gasteiger partial charge in [0.2, 0.25) is 5.88 Å². The summed E-state index contributed by atoms with van der Waals surface area (Å²) in [6, 6.07) is 1.55. The van der Waals surface area contributed by atoms with E-state index in [-0.39, 0.29) is 18.4 Å². The second kappa shape index (κ2) is 5.62. The van der Waals surface area contributed by atoms with Crippen LogP contribution in [0.1, 0.15) is 41.2 Å². The molecule has 4 rings (SSSR count). The minimum absolute atomic E-state index is 0.0609. The van der Waals surface area contributed by atoms with Crippen molar-refractivity contribution in [2.24, 2.45) is 0 Å². The lowest BCUT2D eigenvalue weighted by Crippen LogP contribution is -2.26. The fourth-order valence-corrected chi connectivity index (χ4v) is 3.29. The van der Waals surface area contributed by atoms with Gasteiger partial charge < -0.3 is 10.1 Å². The summed E-state index contributed by atoms with van der Waals surface area (Å²) in [5.74, 6) is 0.286. The van der Waals surface area contributed by atoms with Crippen LogP contribution in [0.5, 0.6) is 5.88 Å². The van der Waals surface area contributed by atoms with E-state index in [9.17, 15) is 9.59 Å². The summed E-state index contributed by atoms with van der Waals surface area (Å²) in [4.78, 5) is 32.2. The lowest BCUT2D eigenvalue weighted by molar-refractivity contribution is -0.118. The fraction of sp³-hybridized carbons (Fsp3) is 0.333. The molecule has 1 saturated carbocycles. The van der Waals surface area contributed by atoms with Crippen LogP contribution in [-0.4, -0.2) is 28.4 Å². The first-order valence-electron chi connectivity index (χ1n) is 7.38. The van der Waals surface area contributed by atoms with Gasteiger partial charge in [0.25, 0.3) is 11.8 Å². The summed E-state index contributed by atoms with van der Waals surface area (Å²) in [5, 5.41) is 7.99. The number of amides is 2. The van der Waals surface area contributed by atoms with Crippen LogP contribution >= 0.6 is 11.3 Å². The number of carbonyl (C=O) groups excluding carboxylic acids is 2. The molecule has 0 unspecified atom stereocenters. The van der Waals surface area contributed by atoms with Crippen molar-refractivity contribution in [3.05, 3.63) is 28.9 Å². The van der Waals surface area contributed by atoms with E-state index in [1.54, 1.807) is 6.07 Å². The zero-order valence-electron chi connectivity index (χ0n) is 12.2. The smallest absolute Gasteiger partial charge is 0.262 e. The number of ether oxygens (including phenoxy) is 1. The van der Waals surface area contributed by atoms with E-state index in [1.807, 2.05) is 5.38 Å². The van der Waals surface area contributed by atoms with Crippen molar-refractivity contribution >= 4 is 34.0 Å². The van der Waals surface area contributed by atoms with Crippen LogP contribution in [-0.2, 0) is 4.79 Å². The van der Waals surface area contributed by atoms with Gasteiger partial charge in [-0.05, 0) is 18.9 Å². The molecule has 1 fully saturated rings. The van der Waals surface area contributed by atoms with E-state index >= 15 is 0 Å². The van der Waals surface area contributed by atoms with Gasteiger partial charge in [-0.3, -0.25) is 14.9 Å². The topological polar surface area (TPSA) is 93.2 Å². The lowest BCUT2D eigenvalue weighted by Gasteiger charge is -2.22. The van der Waals surface area contributed by atoms with E-state index in [0.29, 0.717) is 28.2 Å². The molecule has 2 aromatic heterocycles. The standard InChI is InChI=1S/C15H14N4O3S/c20-12-6-22-14-10(17-12)4-9(5-16-14)13(21)19-15-18-11(7-23-15)8-2-1-3-8/h4-5,7-8H,1-3,6H2,(H,17,20)(H,18,19,21). The summed E-state index contributed by atoms with van der Waals surface area (Å²) in [7, 11) is 0. The van der Waals surface area contributed by atoms with Crippen molar-refractivity contribution < 1.29 is 14.3 Å². The predicted octanol–water partition coefficient (Wildman–Crippen LogP) is 2.39. The van der Waals surface area contributed by atoms with Crippen molar-refractivity contribution in [1.29, 1.82) is 0 Å². The maximum absolute atomic E-state index is 12.3. The third kappa shape index (κ3) is 2.77. The largest absolute Gasteiger partial charge is 0.466 e. The summed E-state index contributed by atoms with van der Waals surface area (Å²) in [6.45, 7) is -0.0609. The Kier molecular flexibility index (Phi) is 3.45. The Morgan fingerprint density at radius 2 is 2.30 bits per heavy atom. The molecule has 0 atom stereocenters. The van der Waals surface area contributed by atoms with Gasteiger partial charge in [-0.1, -0.05) is 6.42 Å². The zero-order valence-corrected chi connectivity index (χ0v) is 13.0. The Bertz CT molecular complexity index is 785. The molecule has 3 heterocycles. The first-order valence-corrected chi connectivity index (χ1v) is 8.26. The van der Waals surface area contributed by atoms with E-state index < -0.39 is 0 Å². The van der Waals surface area contributed by atoms with Crippen molar-refractivity contribution in [2.45, 2.75) is 25.2 Å². The average molecular weight is 330 g/mol. The van der Waals surface area contributed by atoms with Crippen LogP contribution in [0.25, 0.3) is 0 Å². The van der Waals surface area contributed by atoms with Crippen LogP contribution < -0.4 is 15.4 Å². The SMILES string of the molecule is O=C1COc2ncc(C(=O)Nc3nc(C4CCC4)cs3)cc2N1. The molecule has 7 nitrogen and oxygen atoms in total. The molecule has 1 aliphatic carbocycles. The van der Waals surface area contributed by atoms with Gasteiger partial charge >= 0.3 is 0 Å². The summed E-state index contributed by atoms with van der Waals surface area (Å²) < 4.78 is 5.17. The zero-order chi connectivity index (χ0) is 15.8. The highest BCUT2D eigenvalue weighted by Crippen LogP contribution is 2.37. The molecular weight excluding hydrogens is 316 g/mol. The van der Waals surface area contributed by atoms with E-state index in [0.717, 1.165) is 5.69 Å². The lowest BCUT2D eigenvalue weighted by atomic mass is 9.83. The fourth-order valence-electron chi connectivity index (χ4n) is 2.51. The number of hydrogen-bond acceptors (Lipinski definition) is 6. The van der Waals surface area contributed by atoms with Gasteiger partial charge in [0.15, 0.2) is 11.7 Å². The second-order valence-corrected chi connectivity index (χ2v) is 6.43. The van der Waals surface area contributed by atoms with Gasteiger partial charge in [0.05, 0.1) is 11.3 Å². The molecule has 2 amide bonds. The van der Waals surface area contributed by atoms with E-state index in [2.05, 4.69) is 20.6 Å². The third-order valence-electron chi connectivity index (χ3n) is 3.99. The Labute approximate surface area is 136 Å². The molecule has 0 spiro atoms. The predicted molar refractivity (Wildman–Crippen MR) is 85.0 cm³/mol. The Morgan fingerprint density at radius 3 is 3.09 bits per heavy atom. The van der Waals surface area contributed by atoms with Crippen LogP contribution in [0, 0.1) is 0 Å². The number of pyridine rings is 1. The maximum Gasteiger partial charge on any atom is 0.262 e. The minimum atomic E-state index is -0.311. The number of hydrogen-bond donors (Lipinski definition) is 2. The first kappa shape index (κ1) is 14.1. The number of nitrogens with zero attached hydrogens (tertiary/aromatic N) is 2. The number of anilines is 2. The molecule has 0 aromatic carbocycles. The molecule has 0 saturated heterocycles. The summed E-state index contributed by atoms with van der Waals surface area (Å²) in [5.41, 5.74) is 1.80. The Balaban J connectivity index is 1.49. The molecule has 2 N–H and O–H groups in total. The number of fused-ring (bicyclic) bond motifs is 1. The molecule has 0 radical (unpaired) electrons. The molecule has 8 heteroatoms. The molecule has 23 heavy (non-hydrogen) atoms. The minimum Gasteiger partial charge on any atom is -0.466 e. The van der Waals surface area contributed by atoms with Crippen LogP contribution in [0.15, 0.2) is 17.6 Å². The second-order valence-electron chi connectivity index (χ2n) is 5.57. The molecular formula is C15H14N4O3S. The number of rotatable bonds is 3. The summed E-state index contributed by atoms with van der Waals surface area (Å²) >= 11 is 1.42. The van der Waals surface area contributed by atoms with Crippen molar-refractivity contribution in [3.63, 3.8) is 0 Å². The van der Waals surface area contributed by atoms with Crippen molar-refractivity contribution in [3.8, 4) is 5.88 Å². The Morgan fingerprint density at radius 1 is 1.43 bits per heavy atom. The van der Waals surface area contributed by atoms with Gasteiger partial charge in [-0.25, -0.2) is 9.97 Å². The van der Waals surface area contributed by atoms with Crippen molar-refractivity contribution in [1.82, 2.24) is 9.97 Å². The van der Waals surface area contributed by atoms with E-state index in [4.69, 9.17) is 4.74 Å². The van der Waals surface area contributed by atoms with Crippen LogP contribution in [0.2, 0.25) is 0 Å². The molecule has 1 aliphatic heterocycles. The van der Waals surface area contributed by atoms with Gasteiger partial charge in [-0.2, -0.15) is 0 Å². The number of carbonyl (C=O) groups is 2. The van der Waals surface area contributed by atoms with Gasteiger partial charge in [0, 0.05) is 17.5 Å². The van der Waals surface area contributed by atoms with Gasteiger partial charge in [0.1, 0.15) is 5.69 Å². The average Bonchev–Trinajstić information content (AvgIpc) is 2.92. The first-order chi connectivity index (χ1) is 11.2. The summed E-state index contributed by atoms with van der Waals surface area (Å²) in [6.07, 6.45) is 5.02. The quantitative estimate of drug-likeness (QED) is 0.901. The normalized spacial score (nSPS) is 16.8. The maximum atomic E-state index is 12.3. The van der Waals surface area contributed by atoms with E-state index in [1.165, 1.54) is 36.8 Å². The third-order valence-corrected chi connectivity index (χ3v) is 4.77. The molecule has 0 bridgehead atoms. The monoisotopic (exact) mass is 330 g/mol. The van der Waals surface area contributed by atoms with Crippen LogP contribution in [0.3, 0.4) is 0 Å². The van der Waals surface area contributed by atoms with Gasteiger partial charge in [-0.15, -0.1) is 11.3 Å². The highest BCUT2D eigenvalue weighted by molar-refractivity contribution is 7.14.